The standard InChI is InChI=1S/C10H11F3N2O3S/c1-3-5(8(17)18-2)19-9-14-6(10(11,12)13)4-7(16)15-9/h4-5H,3H2,1-2H3,(H,14,15,16). The lowest BCUT2D eigenvalue weighted by molar-refractivity contribution is -0.141. The first-order valence-corrected chi connectivity index (χ1v) is 6.09. The summed E-state index contributed by atoms with van der Waals surface area (Å²) in [6.45, 7) is 1.67. The number of carbonyl (C=O) groups is 1. The molecule has 1 aromatic rings. The minimum Gasteiger partial charge on any atom is -0.468 e. The van der Waals surface area contributed by atoms with Crippen molar-refractivity contribution in [3.05, 3.63) is 22.1 Å². The van der Waals surface area contributed by atoms with Crippen LogP contribution in [0, 0.1) is 0 Å². The van der Waals surface area contributed by atoms with E-state index in [9.17, 15) is 22.8 Å². The summed E-state index contributed by atoms with van der Waals surface area (Å²) in [6, 6.07) is 0.364. The molecule has 0 radical (unpaired) electrons. The Morgan fingerprint density at radius 2 is 2.21 bits per heavy atom. The van der Waals surface area contributed by atoms with E-state index in [0.717, 1.165) is 11.8 Å². The molecule has 0 aliphatic heterocycles. The van der Waals surface area contributed by atoms with Gasteiger partial charge in [-0.05, 0) is 6.42 Å². The number of hydrogen-bond acceptors (Lipinski definition) is 5. The quantitative estimate of drug-likeness (QED) is 0.521. The molecule has 0 saturated heterocycles. The van der Waals surface area contributed by atoms with Gasteiger partial charge < -0.3 is 9.72 Å². The molecule has 0 spiro atoms. The number of aromatic nitrogens is 2. The number of rotatable bonds is 4. The summed E-state index contributed by atoms with van der Waals surface area (Å²) in [7, 11) is 1.17. The van der Waals surface area contributed by atoms with Gasteiger partial charge in [0.05, 0.1) is 7.11 Å². The lowest BCUT2D eigenvalue weighted by atomic mass is 10.3. The molecule has 19 heavy (non-hydrogen) atoms. The van der Waals surface area contributed by atoms with Gasteiger partial charge in [-0.25, -0.2) is 4.98 Å². The van der Waals surface area contributed by atoms with E-state index in [4.69, 9.17) is 0 Å². The fraction of sp³-hybridized carbons (Fsp3) is 0.500. The molecule has 1 N–H and O–H groups in total. The summed E-state index contributed by atoms with van der Waals surface area (Å²) < 4.78 is 41.9. The van der Waals surface area contributed by atoms with Gasteiger partial charge in [0, 0.05) is 6.07 Å². The molecule has 0 fully saturated rings. The van der Waals surface area contributed by atoms with E-state index in [1.165, 1.54) is 7.11 Å². The van der Waals surface area contributed by atoms with Gasteiger partial charge in [0.2, 0.25) is 0 Å². The van der Waals surface area contributed by atoms with Crippen LogP contribution in [-0.2, 0) is 15.7 Å². The van der Waals surface area contributed by atoms with Crippen molar-refractivity contribution < 1.29 is 22.7 Å². The number of H-pyrrole nitrogens is 1. The maximum absolute atomic E-state index is 12.5. The number of esters is 1. The van der Waals surface area contributed by atoms with Gasteiger partial charge in [0.15, 0.2) is 10.9 Å². The lowest BCUT2D eigenvalue weighted by Gasteiger charge is -2.12. The van der Waals surface area contributed by atoms with Crippen molar-refractivity contribution in [2.45, 2.75) is 29.9 Å². The summed E-state index contributed by atoms with van der Waals surface area (Å²) in [5, 5.41) is -0.992. The highest BCUT2D eigenvalue weighted by atomic mass is 32.2. The molecule has 0 aliphatic carbocycles. The van der Waals surface area contributed by atoms with Gasteiger partial charge in [0.25, 0.3) is 5.56 Å². The zero-order valence-corrected chi connectivity index (χ0v) is 10.9. The van der Waals surface area contributed by atoms with Gasteiger partial charge >= 0.3 is 12.1 Å². The second-order valence-electron chi connectivity index (χ2n) is 3.47. The van der Waals surface area contributed by atoms with Crippen LogP contribution in [0.4, 0.5) is 13.2 Å². The molecule has 5 nitrogen and oxygen atoms in total. The number of ether oxygens (including phenoxy) is 1. The fourth-order valence-electron chi connectivity index (χ4n) is 1.20. The van der Waals surface area contributed by atoms with Crippen LogP contribution >= 0.6 is 11.8 Å². The van der Waals surface area contributed by atoms with Crippen molar-refractivity contribution in [3.63, 3.8) is 0 Å². The van der Waals surface area contributed by atoms with Crippen LogP contribution in [0.3, 0.4) is 0 Å². The smallest absolute Gasteiger partial charge is 0.433 e. The molecule has 106 valence electrons. The van der Waals surface area contributed by atoms with Crippen molar-refractivity contribution in [3.8, 4) is 0 Å². The summed E-state index contributed by atoms with van der Waals surface area (Å²) in [6.07, 6.45) is -4.38. The van der Waals surface area contributed by atoms with Gasteiger partial charge in [-0.2, -0.15) is 13.2 Å². The Hall–Kier alpha value is -1.51. The molecule has 1 atom stereocenters. The molecule has 1 rings (SSSR count). The monoisotopic (exact) mass is 296 g/mol. The van der Waals surface area contributed by atoms with Crippen LogP contribution in [0.15, 0.2) is 16.0 Å². The predicted molar refractivity (Wildman–Crippen MR) is 61.8 cm³/mol. The Labute approximate surface area is 110 Å². The third-order valence-electron chi connectivity index (χ3n) is 2.10. The van der Waals surface area contributed by atoms with E-state index in [1.807, 2.05) is 0 Å². The van der Waals surface area contributed by atoms with Gasteiger partial charge in [-0.1, -0.05) is 18.7 Å². The highest BCUT2D eigenvalue weighted by molar-refractivity contribution is 8.00. The van der Waals surface area contributed by atoms with Crippen LogP contribution in [0.2, 0.25) is 0 Å². The van der Waals surface area contributed by atoms with Crippen molar-refractivity contribution in [1.29, 1.82) is 0 Å². The first-order chi connectivity index (χ1) is 8.77. The molecule has 0 amide bonds. The number of halogens is 3. The lowest BCUT2D eigenvalue weighted by Crippen LogP contribution is -2.21. The Morgan fingerprint density at radius 1 is 1.58 bits per heavy atom. The van der Waals surface area contributed by atoms with Crippen molar-refractivity contribution in [2.24, 2.45) is 0 Å². The molecule has 0 aromatic carbocycles. The molecule has 0 bridgehead atoms. The van der Waals surface area contributed by atoms with E-state index in [2.05, 4.69) is 14.7 Å². The maximum atomic E-state index is 12.5. The van der Waals surface area contributed by atoms with Crippen LogP contribution in [0.5, 0.6) is 0 Å². The van der Waals surface area contributed by atoms with E-state index in [1.54, 1.807) is 6.92 Å². The number of alkyl halides is 3. The first kappa shape index (κ1) is 15.5. The van der Waals surface area contributed by atoms with Crippen LogP contribution < -0.4 is 5.56 Å². The second kappa shape index (κ2) is 6.09. The topological polar surface area (TPSA) is 72.0 Å². The summed E-state index contributed by atoms with van der Waals surface area (Å²) in [4.78, 5) is 27.9. The predicted octanol–water partition coefficient (Wildman–Crippen LogP) is 1.83. The number of hydrogen-bond donors (Lipinski definition) is 1. The molecular weight excluding hydrogens is 285 g/mol. The second-order valence-corrected chi connectivity index (χ2v) is 4.66. The van der Waals surface area contributed by atoms with Gasteiger partial charge in [-0.3, -0.25) is 9.59 Å². The number of nitrogens with zero attached hydrogens (tertiary/aromatic N) is 1. The average Bonchev–Trinajstić information content (AvgIpc) is 2.33. The molecule has 1 unspecified atom stereocenters. The molecule has 9 heteroatoms. The Kier molecular flexibility index (Phi) is 4.98. The van der Waals surface area contributed by atoms with Gasteiger partial charge in [0.1, 0.15) is 5.25 Å². The minimum absolute atomic E-state index is 0.267. The molecule has 0 saturated carbocycles. The molecular formula is C10H11F3N2O3S. The van der Waals surface area contributed by atoms with Crippen LogP contribution in [0.25, 0.3) is 0 Å². The SMILES string of the molecule is CCC(Sc1nc(C(F)(F)F)cc(=O)[nH]1)C(=O)OC. The number of thioether (sulfide) groups is 1. The van der Waals surface area contributed by atoms with E-state index in [-0.39, 0.29) is 5.16 Å². The van der Waals surface area contributed by atoms with E-state index >= 15 is 0 Å². The van der Waals surface area contributed by atoms with Crippen molar-refractivity contribution in [1.82, 2.24) is 9.97 Å². The number of carbonyl (C=O) groups excluding carboxylic acids is 1. The number of methoxy groups -OCH3 is 1. The maximum Gasteiger partial charge on any atom is 0.433 e. The van der Waals surface area contributed by atoms with Crippen LogP contribution in [-0.4, -0.2) is 28.3 Å². The normalized spacial score (nSPS) is 13.1. The van der Waals surface area contributed by atoms with Crippen LogP contribution in [0.1, 0.15) is 19.0 Å². The zero-order chi connectivity index (χ0) is 14.6. The van der Waals surface area contributed by atoms with Crippen molar-refractivity contribution >= 4 is 17.7 Å². The van der Waals surface area contributed by atoms with E-state index in [0.29, 0.717) is 12.5 Å². The highest BCUT2D eigenvalue weighted by Gasteiger charge is 2.34. The Bertz CT molecular complexity index is 515. The van der Waals surface area contributed by atoms with Gasteiger partial charge in [-0.15, -0.1) is 0 Å². The summed E-state index contributed by atoms with van der Waals surface area (Å²) in [5.74, 6) is -0.590. The third-order valence-corrected chi connectivity index (χ3v) is 3.33. The first-order valence-electron chi connectivity index (χ1n) is 5.21. The minimum atomic E-state index is -4.71. The number of aromatic amines is 1. The molecule has 1 aromatic heterocycles. The largest absolute Gasteiger partial charge is 0.468 e. The summed E-state index contributed by atoms with van der Waals surface area (Å²) in [5.41, 5.74) is -2.22. The number of nitrogens with one attached hydrogen (secondary N) is 1. The average molecular weight is 296 g/mol. The third kappa shape index (κ3) is 4.27. The Balaban J connectivity index is 3.05. The Morgan fingerprint density at radius 3 is 2.68 bits per heavy atom. The zero-order valence-electron chi connectivity index (χ0n) is 10.1. The van der Waals surface area contributed by atoms with E-state index < -0.39 is 28.6 Å². The molecule has 0 aliphatic rings. The summed E-state index contributed by atoms with van der Waals surface area (Å²) >= 11 is 0.725. The molecule has 1 heterocycles. The fourth-order valence-corrected chi connectivity index (χ4v) is 2.14. The highest BCUT2D eigenvalue weighted by Crippen LogP contribution is 2.29. The van der Waals surface area contributed by atoms with Crippen molar-refractivity contribution in [2.75, 3.05) is 7.11 Å².